The van der Waals surface area contributed by atoms with E-state index in [1.54, 1.807) is 0 Å². The van der Waals surface area contributed by atoms with Crippen LogP contribution in [0.3, 0.4) is 0 Å². The lowest BCUT2D eigenvalue weighted by Gasteiger charge is -1.96. The van der Waals surface area contributed by atoms with Gasteiger partial charge in [0.25, 0.3) is 0 Å². The van der Waals surface area contributed by atoms with Crippen LogP contribution in [-0.2, 0) is 0 Å². The van der Waals surface area contributed by atoms with Gasteiger partial charge < -0.3 is 0 Å². The molecule has 13 heavy (non-hydrogen) atoms. The number of rotatable bonds is 3. The van der Waals surface area contributed by atoms with Crippen molar-refractivity contribution in [1.82, 2.24) is 0 Å². The van der Waals surface area contributed by atoms with E-state index in [-0.39, 0.29) is 0 Å². The van der Waals surface area contributed by atoms with Gasteiger partial charge in [-0.05, 0) is 30.2 Å². The van der Waals surface area contributed by atoms with Gasteiger partial charge in [-0.1, -0.05) is 39.7 Å². The first-order valence-corrected chi connectivity index (χ1v) is 5.61. The molecule has 0 unspecified atom stereocenters. The smallest absolute Gasteiger partial charge is 0.0423 e. The molecule has 3 heteroatoms. The van der Waals surface area contributed by atoms with Gasteiger partial charge in [-0.3, -0.25) is 0 Å². The minimum absolute atomic E-state index is 0.651. The molecule has 1 aromatic rings. The quantitative estimate of drug-likeness (QED) is 0.701. The summed E-state index contributed by atoms with van der Waals surface area (Å²) < 4.78 is 0.991. The zero-order valence-electron chi connectivity index (χ0n) is 6.93. The summed E-state index contributed by atoms with van der Waals surface area (Å²) in [7, 11) is 0. The van der Waals surface area contributed by atoms with Gasteiger partial charge in [-0.25, -0.2) is 0 Å². The number of halogens is 3. The van der Waals surface area contributed by atoms with Crippen LogP contribution in [0.4, 0.5) is 0 Å². The van der Waals surface area contributed by atoms with Crippen molar-refractivity contribution in [3.05, 3.63) is 39.3 Å². The van der Waals surface area contributed by atoms with Crippen molar-refractivity contribution < 1.29 is 0 Å². The lowest BCUT2D eigenvalue weighted by atomic mass is 10.2. The van der Waals surface area contributed by atoms with Crippen LogP contribution in [0.1, 0.15) is 12.0 Å². The molecular formula is C10H9BrCl2. The van der Waals surface area contributed by atoms with Crippen molar-refractivity contribution >= 4 is 45.2 Å². The number of alkyl halides is 1. The third kappa shape index (κ3) is 4.17. The van der Waals surface area contributed by atoms with E-state index >= 15 is 0 Å². The molecule has 0 saturated carbocycles. The molecule has 0 N–H and O–H groups in total. The molecule has 0 nitrogen and oxygen atoms in total. The summed E-state index contributed by atoms with van der Waals surface area (Å²) in [5.74, 6) is 0.651. The first-order chi connectivity index (χ1) is 6.22. The largest absolute Gasteiger partial charge is 0.126 e. The monoisotopic (exact) mass is 278 g/mol. The fourth-order valence-electron chi connectivity index (χ4n) is 0.954. The van der Waals surface area contributed by atoms with Gasteiger partial charge in [0.05, 0.1) is 0 Å². The molecule has 0 amide bonds. The van der Waals surface area contributed by atoms with E-state index in [2.05, 4.69) is 15.9 Å². The number of hydrogen-bond donors (Lipinski definition) is 0. The Balaban J connectivity index is 2.77. The van der Waals surface area contributed by atoms with Gasteiger partial charge in [-0.15, -0.1) is 11.6 Å². The molecule has 0 aliphatic heterocycles. The molecule has 0 radical (unpaired) electrons. The van der Waals surface area contributed by atoms with Crippen LogP contribution in [0.5, 0.6) is 0 Å². The Morgan fingerprint density at radius 3 is 2.69 bits per heavy atom. The highest BCUT2D eigenvalue weighted by Gasteiger charge is 1.93. The minimum Gasteiger partial charge on any atom is -0.126 e. The van der Waals surface area contributed by atoms with E-state index in [1.165, 1.54) is 0 Å². The van der Waals surface area contributed by atoms with E-state index in [9.17, 15) is 0 Å². The molecule has 0 fully saturated rings. The van der Waals surface area contributed by atoms with E-state index in [0.29, 0.717) is 5.88 Å². The Hall–Kier alpha value is 0.0200. The zero-order valence-corrected chi connectivity index (χ0v) is 10.0. The summed E-state index contributed by atoms with van der Waals surface area (Å²) in [4.78, 5) is 0. The first-order valence-electron chi connectivity index (χ1n) is 3.91. The van der Waals surface area contributed by atoms with Crippen molar-refractivity contribution in [1.29, 1.82) is 0 Å². The van der Waals surface area contributed by atoms with Crippen LogP contribution in [0.25, 0.3) is 6.08 Å². The SMILES string of the molecule is ClCCC=Cc1cc(Cl)cc(Br)c1. The molecule has 0 aliphatic carbocycles. The maximum absolute atomic E-state index is 5.87. The summed E-state index contributed by atoms with van der Waals surface area (Å²) in [5.41, 5.74) is 1.09. The van der Waals surface area contributed by atoms with Crippen LogP contribution in [-0.4, -0.2) is 5.88 Å². The number of allylic oxidation sites excluding steroid dienone is 1. The molecule has 0 aliphatic rings. The molecule has 0 atom stereocenters. The Morgan fingerprint density at radius 2 is 2.08 bits per heavy atom. The average molecular weight is 280 g/mol. The first kappa shape index (κ1) is 11.1. The molecule has 1 aromatic carbocycles. The highest BCUT2D eigenvalue weighted by molar-refractivity contribution is 9.10. The maximum atomic E-state index is 5.87. The standard InChI is InChI=1S/C10H9BrCl2/c11-9-5-8(3-1-2-4-12)6-10(13)7-9/h1,3,5-7H,2,4H2. The van der Waals surface area contributed by atoms with Crippen LogP contribution < -0.4 is 0 Å². The van der Waals surface area contributed by atoms with Crippen molar-refractivity contribution in [2.45, 2.75) is 6.42 Å². The van der Waals surface area contributed by atoms with Gasteiger partial charge in [-0.2, -0.15) is 0 Å². The molecule has 0 heterocycles. The minimum atomic E-state index is 0.651. The Bertz CT molecular complexity index is 288. The summed E-state index contributed by atoms with van der Waals surface area (Å²) in [6.45, 7) is 0. The van der Waals surface area contributed by atoms with E-state index in [1.807, 2.05) is 30.4 Å². The summed E-state index contributed by atoms with van der Waals surface area (Å²) in [6, 6.07) is 5.79. The highest BCUT2D eigenvalue weighted by Crippen LogP contribution is 2.20. The second kappa shape index (κ2) is 5.69. The van der Waals surface area contributed by atoms with Crippen LogP contribution in [0.15, 0.2) is 28.7 Å². The van der Waals surface area contributed by atoms with Crippen molar-refractivity contribution in [2.75, 3.05) is 5.88 Å². The van der Waals surface area contributed by atoms with Crippen molar-refractivity contribution in [3.63, 3.8) is 0 Å². The Kier molecular flexibility index (Phi) is 4.86. The molecule has 70 valence electrons. The summed E-state index contributed by atoms with van der Waals surface area (Å²) in [6.07, 6.45) is 4.93. The zero-order chi connectivity index (χ0) is 9.68. The molecule has 0 saturated heterocycles. The number of benzene rings is 1. The van der Waals surface area contributed by atoms with E-state index in [0.717, 1.165) is 21.5 Å². The van der Waals surface area contributed by atoms with Gasteiger partial charge in [0.15, 0.2) is 0 Å². The third-order valence-electron chi connectivity index (χ3n) is 1.47. The normalized spacial score (nSPS) is 11.0. The molecular weight excluding hydrogens is 271 g/mol. The average Bonchev–Trinajstić information content (AvgIpc) is 2.03. The fraction of sp³-hybridized carbons (Fsp3) is 0.200. The Morgan fingerprint density at radius 1 is 1.31 bits per heavy atom. The van der Waals surface area contributed by atoms with Crippen LogP contribution in [0, 0.1) is 0 Å². The van der Waals surface area contributed by atoms with E-state index in [4.69, 9.17) is 23.2 Å². The molecule has 0 spiro atoms. The van der Waals surface area contributed by atoms with Gasteiger partial charge in [0.2, 0.25) is 0 Å². The fourth-order valence-corrected chi connectivity index (χ4v) is 1.97. The third-order valence-corrected chi connectivity index (χ3v) is 2.37. The second-order valence-electron chi connectivity index (χ2n) is 2.58. The highest BCUT2D eigenvalue weighted by atomic mass is 79.9. The Labute approximate surface area is 96.7 Å². The van der Waals surface area contributed by atoms with E-state index < -0.39 is 0 Å². The number of hydrogen-bond acceptors (Lipinski definition) is 0. The van der Waals surface area contributed by atoms with Gasteiger partial charge in [0, 0.05) is 15.4 Å². The van der Waals surface area contributed by atoms with Crippen molar-refractivity contribution in [3.8, 4) is 0 Å². The van der Waals surface area contributed by atoms with Crippen molar-refractivity contribution in [2.24, 2.45) is 0 Å². The molecule has 1 rings (SSSR count). The molecule has 0 bridgehead atoms. The topological polar surface area (TPSA) is 0 Å². The second-order valence-corrected chi connectivity index (χ2v) is 4.31. The lowest BCUT2D eigenvalue weighted by molar-refractivity contribution is 1.24. The molecule has 0 aromatic heterocycles. The summed E-state index contributed by atoms with van der Waals surface area (Å²) >= 11 is 14.8. The van der Waals surface area contributed by atoms with Crippen LogP contribution in [0.2, 0.25) is 5.02 Å². The maximum Gasteiger partial charge on any atom is 0.0423 e. The van der Waals surface area contributed by atoms with Gasteiger partial charge in [0.1, 0.15) is 0 Å². The summed E-state index contributed by atoms with van der Waals surface area (Å²) in [5, 5.41) is 0.736. The van der Waals surface area contributed by atoms with Gasteiger partial charge >= 0.3 is 0 Å². The van der Waals surface area contributed by atoms with Crippen LogP contribution >= 0.6 is 39.1 Å². The predicted octanol–water partition coefficient (Wildman–Crippen LogP) is 4.74. The predicted molar refractivity (Wildman–Crippen MR) is 63.5 cm³/mol. The lowest BCUT2D eigenvalue weighted by Crippen LogP contribution is -1.74.